The summed E-state index contributed by atoms with van der Waals surface area (Å²) in [5.74, 6) is -1.01. The van der Waals surface area contributed by atoms with Crippen molar-refractivity contribution in [1.29, 1.82) is 0 Å². The van der Waals surface area contributed by atoms with E-state index in [0.29, 0.717) is 12.8 Å². The van der Waals surface area contributed by atoms with E-state index in [0.717, 1.165) is 16.9 Å². The molecular formula is C25H29Cl2NO7. The Balaban J connectivity index is 1.46. The molecule has 2 heterocycles. The Morgan fingerprint density at radius 2 is 1.89 bits per heavy atom. The van der Waals surface area contributed by atoms with Crippen molar-refractivity contribution in [3.8, 4) is 0 Å². The molecule has 1 aromatic carbocycles. The molecule has 2 amide bonds. The zero-order valence-corrected chi connectivity index (χ0v) is 21.2. The first-order valence-electron chi connectivity index (χ1n) is 11.9. The van der Waals surface area contributed by atoms with Gasteiger partial charge in [-0.05, 0) is 36.2 Å². The van der Waals surface area contributed by atoms with Crippen LogP contribution in [0.1, 0.15) is 38.7 Å². The van der Waals surface area contributed by atoms with Crippen LogP contribution in [0.2, 0.25) is 0 Å². The number of ether oxygens (including phenoxy) is 4. The summed E-state index contributed by atoms with van der Waals surface area (Å²) in [6.45, 7) is 3.97. The summed E-state index contributed by atoms with van der Waals surface area (Å²) >= 11 is 13.5. The third-order valence-corrected chi connectivity index (χ3v) is 9.38. The molecule has 2 aliphatic carbocycles. The van der Waals surface area contributed by atoms with Crippen LogP contribution >= 0.6 is 23.2 Å². The smallest absolute Gasteiger partial charge is 0.418 e. The van der Waals surface area contributed by atoms with E-state index in [1.807, 2.05) is 44.2 Å². The van der Waals surface area contributed by atoms with Crippen molar-refractivity contribution in [2.75, 3.05) is 19.8 Å². The Hall–Kier alpha value is -1.87. The van der Waals surface area contributed by atoms with Gasteiger partial charge in [0, 0.05) is 0 Å². The van der Waals surface area contributed by atoms with Gasteiger partial charge in [-0.3, -0.25) is 4.79 Å². The SMILES string of the molecule is CC1(C)[C@H]2CC[C@@]13C(=O)N1C(=O)O[C@@H]([C@@H]1Cl)C(Cl)(COCc1ccccc1)C(=O)OCCO[C@H]3C2. The number of nitrogens with zero attached hydrogens (tertiary/aromatic N) is 1. The Kier molecular flexibility index (Phi) is 6.31. The third kappa shape index (κ3) is 3.67. The predicted octanol–water partition coefficient (Wildman–Crippen LogP) is 3.86. The maximum absolute atomic E-state index is 14.1. The van der Waals surface area contributed by atoms with Gasteiger partial charge >= 0.3 is 12.1 Å². The molecular weight excluding hydrogens is 497 g/mol. The first-order valence-corrected chi connectivity index (χ1v) is 12.7. The lowest BCUT2D eigenvalue weighted by Gasteiger charge is -2.42. The molecule has 4 fully saturated rings. The number of alkyl halides is 2. The number of hydrogen-bond acceptors (Lipinski definition) is 7. The van der Waals surface area contributed by atoms with E-state index >= 15 is 0 Å². The van der Waals surface area contributed by atoms with Gasteiger partial charge in [0.25, 0.3) is 0 Å². The van der Waals surface area contributed by atoms with E-state index in [-0.39, 0.29) is 32.3 Å². The van der Waals surface area contributed by atoms with Gasteiger partial charge < -0.3 is 18.9 Å². The number of cyclic esters (lactones) is 1. The largest absolute Gasteiger partial charge is 0.462 e. The molecule has 0 N–H and O–H groups in total. The molecule has 0 radical (unpaired) electrons. The number of rotatable bonds is 4. The molecule has 5 rings (SSSR count). The Morgan fingerprint density at radius 3 is 2.60 bits per heavy atom. The molecule has 10 heteroatoms. The number of fused-ring (bicyclic) bond motifs is 3. The lowest BCUT2D eigenvalue weighted by atomic mass is 9.67. The standard InChI is InChI=1S/C25H29Cl2NO7/c1-23(2)16-8-9-24(23)17(12-16)33-10-11-34-21(30)25(27,14-32-13-15-6-4-3-5-7-15)18-19(26)28(20(24)29)22(31)35-18/h3-7,16-19H,8-14H2,1-2H3/t16-,17-,18-,19+,24+,25?/m0/s1. The Morgan fingerprint density at radius 1 is 1.14 bits per heavy atom. The van der Waals surface area contributed by atoms with Gasteiger partial charge in [-0.1, -0.05) is 67.4 Å². The molecule has 2 aliphatic heterocycles. The minimum absolute atomic E-state index is 0.0603. The molecule has 1 unspecified atom stereocenters. The lowest BCUT2D eigenvalue weighted by Crippen LogP contribution is -2.58. The van der Waals surface area contributed by atoms with Crippen LogP contribution in [0.3, 0.4) is 0 Å². The summed E-state index contributed by atoms with van der Waals surface area (Å²) in [6, 6.07) is 9.34. The van der Waals surface area contributed by atoms with E-state index in [1.54, 1.807) is 0 Å². The summed E-state index contributed by atoms with van der Waals surface area (Å²) < 4.78 is 22.8. The van der Waals surface area contributed by atoms with E-state index < -0.39 is 51.4 Å². The van der Waals surface area contributed by atoms with Crippen molar-refractivity contribution in [3.63, 3.8) is 0 Å². The van der Waals surface area contributed by atoms with Gasteiger partial charge in [0.2, 0.25) is 10.8 Å². The molecule has 4 bridgehead atoms. The average molecular weight is 526 g/mol. The first kappa shape index (κ1) is 24.8. The highest BCUT2D eigenvalue weighted by atomic mass is 35.5. The predicted molar refractivity (Wildman–Crippen MR) is 126 cm³/mol. The summed E-state index contributed by atoms with van der Waals surface area (Å²) in [5.41, 5.74) is -1.78. The second-order valence-electron chi connectivity index (χ2n) is 10.4. The summed E-state index contributed by atoms with van der Waals surface area (Å²) in [6.07, 6.45) is -0.564. The fraction of sp³-hybridized carbons (Fsp3) is 0.640. The molecule has 0 aromatic heterocycles. The minimum Gasteiger partial charge on any atom is -0.462 e. The number of carbonyl (C=O) groups excluding carboxylic acids is 3. The third-order valence-electron chi connectivity index (χ3n) is 8.48. The van der Waals surface area contributed by atoms with Crippen LogP contribution in [0.5, 0.6) is 0 Å². The van der Waals surface area contributed by atoms with Crippen LogP contribution < -0.4 is 0 Å². The average Bonchev–Trinajstić information content (AvgIpc) is 3.36. The summed E-state index contributed by atoms with van der Waals surface area (Å²) in [4.78, 5) is 39.2. The van der Waals surface area contributed by atoms with Crippen molar-refractivity contribution in [3.05, 3.63) is 35.9 Å². The van der Waals surface area contributed by atoms with Crippen LogP contribution in [0.15, 0.2) is 30.3 Å². The zero-order valence-electron chi connectivity index (χ0n) is 19.7. The fourth-order valence-corrected chi connectivity index (χ4v) is 7.20. The molecule has 1 spiro atoms. The summed E-state index contributed by atoms with van der Waals surface area (Å²) in [5, 5.41) is 0. The maximum atomic E-state index is 14.1. The van der Waals surface area contributed by atoms with Gasteiger partial charge in [0.05, 0.1) is 31.3 Å². The molecule has 2 saturated heterocycles. The topological polar surface area (TPSA) is 91.4 Å². The normalized spacial score (nSPS) is 38.4. The second kappa shape index (κ2) is 8.91. The van der Waals surface area contributed by atoms with Crippen LogP contribution in [0.4, 0.5) is 4.79 Å². The number of hydrogen-bond donors (Lipinski definition) is 0. The van der Waals surface area contributed by atoms with Crippen LogP contribution in [0.25, 0.3) is 0 Å². The molecule has 8 nitrogen and oxygen atoms in total. The van der Waals surface area contributed by atoms with Crippen LogP contribution in [-0.4, -0.2) is 65.3 Å². The maximum Gasteiger partial charge on any atom is 0.418 e. The molecule has 35 heavy (non-hydrogen) atoms. The van der Waals surface area contributed by atoms with Crippen molar-refractivity contribution in [2.45, 2.75) is 62.3 Å². The van der Waals surface area contributed by atoms with Gasteiger partial charge in [0.1, 0.15) is 6.61 Å². The Bertz CT molecular complexity index is 1020. The first-order chi connectivity index (χ1) is 16.6. The minimum atomic E-state index is -1.95. The fourth-order valence-electron chi connectivity index (χ4n) is 6.40. The van der Waals surface area contributed by atoms with Gasteiger partial charge in [-0.2, -0.15) is 0 Å². The van der Waals surface area contributed by atoms with Crippen molar-refractivity contribution < 1.29 is 33.3 Å². The van der Waals surface area contributed by atoms with Gasteiger partial charge in [-0.15, -0.1) is 0 Å². The molecule has 2 saturated carbocycles. The highest BCUT2D eigenvalue weighted by molar-refractivity contribution is 6.36. The van der Waals surface area contributed by atoms with E-state index in [1.165, 1.54) is 0 Å². The monoisotopic (exact) mass is 525 g/mol. The van der Waals surface area contributed by atoms with Gasteiger partial charge in [0.15, 0.2) is 11.6 Å². The lowest BCUT2D eigenvalue weighted by molar-refractivity contribution is -0.164. The van der Waals surface area contributed by atoms with E-state index in [2.05, 4.69) is 0 Å². The molecule has 4 aliphatic rings. The second-order valence-corrected chi connectivity index (χ2v) is 11.5. The highest BCUT2D eigenvalue weighted by Crippen LogP contribution is 2.67. The van der Waals surface area contributed by atoms with Gasteiger partial charge in [-0.25, -0.2) is 14.5 Å². The van der Waals surface area contributed by atoms with Crippen molar-refractivity contribution in [2.24, 2.45) is 16.7 Å². The number of carbonyl (C=O) groups is 3. The molecule has 6 atom stereocenters. The number of esters is 1. The number of imide groups is 1. The number of benzene rings is 1. The number of halogens is 2. The molecule has 190 valence electrons. The number of amides is 2. The quantitative estimate of drug-likeness (QED) is 0.334. The van der Waals surface area contributed by atoms with Crippen LogP contribution in [0, 0.1) is 16.7 Å². The Labute approximate surface area is 214 Å². The summed E-state index contributed by atoms with van der Waals surface area (Å²) in [7, 11) is 0. The van der Waals surface area contributed by atoms with Crippen molar-refractivity contribution in [1.82, 2.24) is 4.90 Å². The van der Waals surface area contributed by atoms with Crippen molar-refractivity contribution >= 4 is 41.2 Å². The van der Waals surface area contributed by atoms with E-state index in [9.17, 15) is 14.4 Å². The molecule has 1 aromatic rings. The van der Waals surface area contributed by atoms with Crippen LogP contribution in [-0.2, 0) is 35.1 Å². The zero-order chi connectivity index (χ0) is 25.0. The highest BCUT2D eigenvalue weighted by Gasteiger charge is 2.72. The van der Waals surface area contributed by atoms with E-state index in [4.69, 9.17) is 42.1 Å².